The molecule has 0 unspecified atom stereocenters. The SMILES string of the molecule is CN=C(NCc1nc(-c2ccc(OC)cc2)n[nH]1)NC1CCN(c2cccs2)CC1.I. The summed E-state index contributed by atoms with van der Waals surface area (Å²) < 4.78 is 5.19. The normalized spacial score (nSPS) is 14.8. The number of piperidine rings is 1. The van der Waals surface area contributed by atoms with Crippen LogP contribution in [0.15, 0.2) is 46.8 Å². The van der Waals surface area contributed by atoms with E-state index in [0.717, 1.165) is 49.0 Å². The van der Waals surface area contributed by atoms with Crippen molar-refractivity contribution < 1.29 is 4.74 Å². The Morgan fingerprint density at radius 3 is 2.68 bits per heavy atom. The number of aromatic amines is 1. The number of anilines is 1. The van der Waals surface area contributed by atoms with Crippen molar-refractivity contribution in [3.63, 3.8) is 0 Å². The van der Waals surface area contributed by atoms with Crippen molar-refractivity contribution in [2.24, 2.45) is 4.99 Å². The summed E-state index contributed by atoms with van der Waals surface area (Å²) in [6.45, 7) is 2.64. The molecule has 166 valence electrons. The number of rotatable bonds is 6. The number of halogens is 1. The van der Waals surface area contributed by atoms with Gasteiger partial charge in [-0.05, 0) is 54.6 Å². The molecule has 3 N–H and O–H groups in total. The van der Waals surface area contributed by atoms with E-state index in [0.29, 0.717) is 18.4 Å². The molecule has 8 nitrogen and oxygen atoms in total. The molecular formula is C21H28IN7OS. The Kier molecular flexibility index (Phi) is 8.52. The van der Waals surface area contributed by atoms with E-state index in [-0.39, 0.29) is 24.0 Å². The summed E-state index contributed by atoms with van der Waals surface area (Å²) in [5.74, 6) is 3.02. The Balaban J connectivity index is 0.00000272. The number of aliphatic imine (C=N–C) groups is 1. The van der Waals surface area contributed by atoms with Crippen molar-refractivity contribution in [2.45, 2.75) is 25.4 Å². The highest BCUT2D eigenvalue weighted by molar-refractivity contribution is 14.0. The van der Waals surface area contributed by atoms with Gasteiger partial charge in [0.15, 0.2) is 11.8 Å². The van der Waals surface area contributed by atoms with Crippen molar-refractivity contribution in [1.82, 2.24) is 25.8 Å². The maximum Gasteiger partial charge on any atom is 0.191 e. The Labute approximate surface area is 203 Å². The average Bonchev–Trinajstić information content (AvgIpc) is 3.50. The van der Waals surface area contributed by atoms with Gasteiger partial charge in [0.2, 0.25) is 0 Å². The summed E-state index contributed by atoms with van der Waals surface area (Å²) >= 11 is 1.80. The topological polar surface area (TPSA) is 90.5 Å². The lowest BCUT2D eigenvalue weighted by molar-refractivity contribution is 0.415. The summed E-state index contributed by atoms with van der Waals surface area (Å²) in [7, 11) is 3.44. The number of methoxy groups -OCH3 is 1. The molecule has 2 aromatic heterocycles. The molecule has 4 rings (SSSR count). The highest BCUT2D eigenvalue weighted by atomic mass is 127. The van der Waals surface area contributed by atoms with Crippen LogP contribution in [0.2, 0.25) is 0 Å². The van der Waals surface area contributed by atoms with Crippen LogP contribution in [-0.4, -0.2) is 54.4 Å². The van der Waals surface area contributed by atoms with Crippen molar-refractivity contribution in [2.75, 3.05) is 32.1 Å². The van der Waals surface area contributed by atoms with Crippen LogP contribution in [0.25, 0.3) is 11.4 Å². The fraction of sp³-hybridized carbons (Fsp3) is 0.381. The van der Waals surface area contributed by atoms with Crippen LogP contribution in [0.5, 0.6) is 5.75 Å². The molecule has 31 heavy (non-hydrogen) atoms. The van der Waals surface area contributed by atoms with E-state index in [1.807, 2.05) is 24.3 Å². The summed E-state index contributed by atoms with van der Waals surface area (Å²) in [5, 5.41) is 17.7. The minimum absolute atomic E-state index is 0. The number of nitrogens with zero attached hydrogens (tertiary/aromatic N) is 4. The second kappa shape index (κ2) is 11.3. The van der Waals surface area contributed by atoms with Crippen molar-refractivity contribution in [1.29, 1.82) is 0 Å². The number of hydrogen-bond donors (Lipinski definition) is 3. The van der Waals surface area contributed by atoms with Crippen LogP contribution >= 0.6 is 35.3 Å². The molecular weight excluding hydrogens is 525 g/mol. The van der Waals surface area contributed by atoms with Gasteiger partial charge in [-0.1, -0.05) is 0 Å². The molecule has 0 saturated carbocycles. The number of guanidine groups is 1. The maximum absolute atomic E-state index is 5.19. The van der Waals surface area contributed by atoms with Crippen LogP contribution in [0.1, 0.15) is 18.7 Å². The summed E-state index contributed by atoms with van der Waals surface area (Å²) in [5.41, 5.74) is 0.943. The molecule has 0 amide bonds. The third-order valence-corrected chi connectivity index (χ3v) is 6.11. The van der Waals surface area contributed by atoms with Crippen molar-refractivity contribution >= 4 is 46.3 Å². The van der Waals surface area contributed by atoms with Gasteiger partial charge in [0.05, 0.1) is 18.7 Å². The molecule has 3 heterocycles. The molecule has 3 aromatic rings. The highest BCUT2D eigenvalue weighted by Gasteiger charge is 2.20. The van der Waals surface area contributed by atoms with E-state index in [2.05, 4.69) is 53.2 Å². The number of benzene rings is 1. The third-order valence-electron chi connectivity index (χ3n) is 5.18. The average molecular weight is 553 g/mol. The highest BCUT2D eigenvalue weighted by Crippen LogP contribution is 2.24. The number of hydrogen-bond acceptors (Lipinski definition) is 6. The molecule has 1 aliphatic rings. The molecule has 0 bridgehead atoms. The first-order chi connectivity index (χ1) is 14.7. The third kappa shape index (κ3) is 6.10. The van der Waals surface area contributed by atoms with Gasteiger partial charge in [-0.15, -0.1) is 35.3 Å². The first kappa shape index (κ1) is 23.3. The first-order valence-electron chi connectivity index (χ1n) is 10.1. The molecule has 1 saturated heterocycles. The molecule has 0 atom stereocenters. The van der Waals surface area contributed by atoms with Gasteiger partial charge in [0.25, 0.3) is 0 Å². The fourth-order valence-corrected chi connectivity index (χ4v) is 4.28. The van der Waals surface area contributed by atoms with Crippen LogP contribution < -0.4 is 20.3 Å². The summed E-state index contributed by atoms with van der Waals surface area (Å²) in [6.07, 6.45) is 2.17. The predicted molar refractivity (Wildman–Crippen MR) is 137 cm³/mol. The Hall–Kier alpha value is -2.34. The van der Waals surface area contributed by atoms with Crippen LogP contribution in [0, 0.1) is 0 Å². The van der Waals surface area contributed by atoms with Crippen LogP contribution in [0.4, 0.5) is 5.00 Å². The van der Waals surface area contributed by atoms with Gasteiger partial charge >= 0.3 is 0 Å². The smallest absolute Gasteiger partial charge is 0.191 e. The van der Waals surface area contributed by atoms with Gasteiger partial charge in [0.1, 0.15) is 11.6 Å². The summed E-state index contributed by atoms with van der Waals surface area (Å²) in [4.78, 5) is 11.4. The molecule has 1 aliphatic heterocycles. The number of H-pyrrole nitrogens is 1. The largest absolute Gasteiger partial charge is 0.497 e. The minimum atomic E-state index is 0. The lowest BCUT2D eigenvalue weighted by Crippen LogP contribution is -2.48. The minimum Gasteiger partial charge on any atom is -0.497 e. The first-order valence-corrected chi connectivity index (χ1v) is 10.9. The lowest BCUT2D eigenvalue weighted by atomic mass is 10.1. The molecule has 1 aromatic carbocycles. The molecule has 1 fully saturated rings. The second-order valence-electron chi connectivity index (χ2n) is 7.12. The quantitative estimate of drug-likeness (QED) is 0.246. The molecule has 0 aliphatic carbocycles. The van der Waals surface area contributed by atoms with E-state index >= 15 is 0 Å². The maximum atomic E-state index is 5.19. The molecule has 10 heteroatoms. The molecule has 0 spiro atoms. The van der Waals surface area contributed by atoms with Gasteiger partial charge in [0, 0.05) is 31.7 Å². The predicted octanol–water partition coefficient (Wildman–Crippen LogP) is 3.49. The summed E-state index contributed by atoms with van der Waals surface area (Å²) in [6, 6.07) is 12.4. The number of nitrogens with one attached hydrogen (secondary N) is 3. The van der Waals surface area contributed by atoms with Gasteiger partial charge in [-0.25, -0.2) is 4.98 Å². The number of thiophene rings is 1. The Morgan fingerprint density at radius 2 is 2.03 bits per heavy atom. The molecule has 0 radical (unpaired) electrons. The van der Waals surface area contributed by atoms with Crippen LogP contribution in [-0.2, 0) is 6.54 Å². The zero-order valence-corrected chi connectivity index (χ0v) is 20.8. The zero-order chi connectivity index (χ0) is 20.8. The van der Waals surface area contributed by atoms with E-state index in [9.17, 15) is 0 Å². The van der Waals surface area contributed by atoms with E-state index in [4.69, 9.17) is 4.74 Å². The van der Waals surface area contributed by atoms with Gasteiger partial charge < -0.3 is 20.3 Å². The van der Waals surface area contributed by atoms with Crippen molar-refractivity contribution in [3.05, 3.63) is 47.6 Å². The van der Waals surface area contributed by atoms with Crippen molar-refractivity contribution in [3.8, 4) is 17.1 Å². The number of aromatic nitrogens is 3. The fourth-order valence-electron chi connectivity index (χ4n) is 3.49. The standard InChI is InChI=1S/C21H27N7OS.HI/c1-22-21(24-16-9-11-28(12-10-16)19-4-3-13-30-19)23-14-18-25-20(27-26-18)15-5-7-17(29-2)8-6-15;/h3-8,13,16H,9-12,14H2,1-2H3,(H2,22,23,24)(H,25,26,27);1H. The van der Waals surface area contributed by atoms with E-state index in [1.54, 1.807) is 25.5 Å². The second-order valence-corrected chi connectivity index (χ2v) is 8.04. The van der Waals surface area contributed by atoms with E-state index < -0.39 is 0 Å². The van der Waals surface area contributed by atoms with Gasteiger partial charge in [-0.2, -0.15) is 5.10 Å². The van der Waals surface area contributed by atoms with Crippen LogP contribution in [0.3, 0.4) is 0 Å². The lowest BCUT2D eigenvalue weighted by Gasteiger charge is -2.33. The zero-order valence-electron chi connectivity index (χ0n) is 17.7. The Morgan fingerprint density at radius 1 is 1.26 bits per heavy atom. The number of ether oxygens (including phenoxy) is 1. The van der Waals surface area contributed by atoms with E-state index in [1.165, 1.54) is 5.00 Å². The Bertz CT molecular complexity index is 951. The monoisotopic (exact) mass is 553 g/mol. The van der Waals surface area contributed by atoms with Gasteiger partial charge in [-0.3, -0.25) is 10.1 Å².